The number of likely N-dealkylation sites (tertiary alicyclic amines) is 1. The molecule has 2 atom stereocenters. The van der Waals surface area contributed by atoms with E-state index in [4.69, 9.17) is 9.47 Å². The van der Waals surface area contributed by atoms with Gasteiger partial charge >= 0.3 is 0 Å². The molecule has 0 aromatic heterocycles. The number of ether oxygens (including phenoxy) is 2. The molecule has 3 rings (SSSR count). The van der Waals surface area contributed by atoms with E-state index >= 15 is 0 Å². The van der Waals surface area contributed by atoms with Gasteiger partial charge in [-0.05, 0) is 63.6 Å². The summed E-state index contributed by atoms with van der Waals surface area (Å²) < 4.78 is 11.4. The topological polar surface area (TPSA) is 59.1 Å². The Hall–Kier alpha value is -2.34. The maximum absolute atomic E-state index is 13.4. The fraction of sp³-hybridized carbons (Fsp3) is 0.600. The van der Waals surface area contributed by atoms with Gasteiger partial charge in [0, 0.05) is 13.1 Å². The van der Waals surface area contributed by atoms with Crippen LogP contribution in [0.5, 0.6) is 5.75 Å². The van der Waals surface area contributed by atoms with Crippen molar-refractivity contribution in [3.05, 3.63) is 35.5 Å². The number of hydrogen-bond donors (Lipinski definition) is 0. The fourth-order valence-electron chi connectivity index (χ4n) is 4.52. The molecular weight excluding hydrogens is 392 g/mol. The van der Waals surface area contributed by atoms with Crippen LogP contribution >= 0.6 is 0 Å². The minimum absolute atomic E-state index is 0.0528. The van der Waals surface area contributed by atoms with Gasteiger partial charge in [0.2, 0.25) is 0 Å². The number of benzene rings is 1. The number of carbonyl (C=O) groups is 2. The van der Waals surface area contributed by atoms with Crippen LogP contribution < -0.4 is 4.74 Å². The van der Waals surface area contributed by atoms with Gasteiger partial charge in [-0.2, -0.15) is 0 Å². The van der Waals surface area contributed by atoms with E-state index in [9.17, 15) is 9.59 Å². The Labute approximate surface area is 186 Å². The Balaban J connectivity index is 1.95. The maximum Gasteiger partial charge on any atom is 0.277 e. The monoisotopic (exact) mass is 428 g/mol. The lowest BCUT2D eigenvalue weighted by molar-refractivity contribution is -0.138. The first-order valence-electron chi connectivity index (χ1n) is 11.4. The molecule has 1 aromatic rings. The van der Waals surface area contributed by atoms with Gasteiger partial charge in [0.05, 0.1) is 30.9 Å². The Bertz CT molecular complexity index is 818. The van der Waals surface area contributed by atoms with Gasteiger partial charge in [-0.15, -0.1) is 0 Å². The van der Waals surface area contributed by atoms with Gasteiger partial charge in [-0.3, -0.25) is 14.5 Å². The molecule has 0 saturated carbocycles. The lowest BCUT2D eigenvalue weighted by Gasteiger charge is -2.37. The van der Waals surface area contributed by atoms with Crippen LogP contribution in [-0.4, -0.2) is 60.1 Å². The van der Waals surface area contributed by atoms with Crippen molar-refractivity contribution in [3.8, 4) is 5.75 Å². The maximum atomic E-state index is 13.4. The summed E-state index contributed by atoms with van der Waals surface area (Å²) in [7, 11) is 0. The molecule has 31 heavy (non-hydrogen) atoms. The minimum atomic E-state index is -0.240. The number of imide groups is 1. The molecule has 170 valence electrons. The van der Waals surface area contributed by atoms with E-state index in [-0.39, 0.29) is 30.6 Å². The first kappa shape index (κ1) is 23.3. The van der Waals surface area contributed by atoms with Gasteiger partial charge in [0.15, 0.2) is 0 Å². The molecule has 2 heterocycles. The largest absolute Gasteiger partial charge is 0.491 e. The predicted molar refractivity (Wildman–Crippen MR) is 121 cm³/mol. The molecule has 2 unspecified atom stereocenters. The first-order chi connectivity index (χ1) is 14.7. The Morgan fingerprint density at radius 1 is 0.935 bits per heavy atom. The van der Waals surface area contributed by atoms with Gasteiger partial charge in [-0.25, -0.2) is 0 Å². The number of rotatable bonds is 8. The summed E-state index contributed by atoms with van der Waals surface area (Å²) in [5.74, 6) is 1.24. The average molecular weight is 429 g/mol. The summed E-state index contributed by atoms with van der Waals surface area (Å²) in [6.07, 6.45) is 1.26. The smallest absolute Gasteiger partial charge is 0.277 e. The number of carbonyl (C=O) groups excluding carboxylic acids is 2. The normalized spacial score (nSPS) is 22.3. The van der Waals surface area contributed by atoms with Crippen LogP contribution in [0.4, 0.5) is 0 Å². The second kappa shape index (κ2) is 9.86. The van der Waals surface area contributed by atoms with E-state index in [1.165, 1.54) is 4.90 Å². The molecule has 0 spiro atoms. The van der Waals surface area contributed by atoms with Crippen LogP contribution in [0.2, 0.25) is 0 Å². The summed E-state index contributed by atoms with van der Waals surface area (Å²) in [4.78, 5) is 30.3. The molecule has 6 heteroatoms. The molecule has 2 aliphatic heterocycles. The number of hydrogen-bond acceptors (Lipinski definition) is 5. The zero-order chi connectivity index (χ0) is 22.7. The van der Waals surface area contributed by atoms with Crippen molar-refractivity contribution in [2.75, 3.05) is 26.2 Å². The lowest BCUT2D eigenvalue weighted by Crippen LogP contribution is -2.42. The molecule has 2 amide bonds. The van der Waals surface area contributed by atoms with Crippen molar-refractivity contribution in [2.24, 2.45) is 11.8 Å². The third-order valence-electron chi connectivity index (χ3n) is 5.61. The van der Waals surface area contributed by atoms with E-state index in [0.717, 1.165) is 30.8 Å². The summed E-state index contributed by atoms with van der Waals surface area (Å²) in [5.41, 5.74) is 1.78. The Kier molecular flexibility index (Phi) is 7.42. The van der Waals surface area contributed by atoms with Crippen LogP contribution in [0, 0.1) is 11.8 Å². The zero-order valence-corrected chi connectivity index (χ0v) is 19.7. The first-order valence-corrected chi connectivity index (χ1v) is 11.4. The average Bonchev–Trinajstić information content (AvgIpc) is 2.92. The highest BCUT2D eigenvalue weighted by atomic mass is 16.5. The van der Waals surface area contributed by atoms with Crippen LogP contribution in [0.25, 0.3) is 5.57 Å². The molecular formula is C25H36N2O4. The Morgan fingerprint density at radius 2 is 1.55 bits per heavy atom. The Morgan fingerprint density at radius 3 is 2.10 bits per heavy atom. The molecule has 6 nitrogen and oxygen atoms in total. The van der Waals surface area contributed by atoms with E-state index in [1.807, 2.05) is 52.0 Å². The molecule has 1 fully saturated rings. The molecule has 1 aromatic carbocycles. The third-order valence-corrected chi connectivity index (χ3v) is 5.61. The fourth-order valence-corrected chi connectivity index (χ4v) is 4.52. The van der Waals surface area contributed by atoms with Crippen LogP contribution in [-0.2, 0) is 14.3 Å². The van der Waals surface area contributed by atoms with Crippen molar-refractivity contribution in [2.45, 2.75) is 60.2 Å². The number of nitrogens with zero attached hydrogens (tertiary/aromatic N) is 2. The number of piperidine rings is 1. The second-order valence-corrected chi connectivity index (χ2v) is 9.45. The van der Waals surface area contributed by atoms with Crippen molar-refractivity contribution in [1.82, 2.24) is 9.80 Å². The molecule has 0 bridgehead atoms. The van der Waals surface area contributed by atoms with Crippen molar-refractivity contribution in [1.29, 1.82) is 0 Å². The number of amides is 2. The van der Waals surface area contributed by atoms with E-state index in [1.54, 1.807) is 0 Å². The van der Waals surface area contributed by atoms with Crippen LogP contribution in [0.15, 0.2) is 30.0 Å². The van der Waals surface area contributed by atoms with E-state index in [0.29, 0.717) is 29.7 Å². The van der Waals surface area contributed by atoms with Crippen molar-refractivity contribution in [3.63, 3.8) is 0 Å². The van der Waals surface area contributed by atoms with Gasteiger partial charge < -0.3 is 14.4 Å². The predicted octanol–water partition coefficient (Wildman–Crippen LogP) is 3.96. The molecule has 2 aliphatic rings. The highest BCUT2D eigenvalue weighted by molar-refractivity contribution is 6.35. The summed E-state index contributed by atoms with van der Waals surface area (Å²) >= 11 is 0. The third kappa shape index (κ3) is 5.48. The molecule has 0 radical (unpaired) electrons. The SMILES string of the molecule is CC1CC(C)CN(C2=C(c3ccc(OC(C)C)cc3)C(=O)N(CCOC(C)C)C2=O)C1. The van der Waals surface area contributed by atoms with Crippen molar-refractivity contribution >= 4 is 17.4 Å². The second-order valence-electron chi connectivity index (χ2n) is 9.45. The zero-order valence-electron chi connectivity index (χ0n) is 19.7. The summed E-state index contributed by atoms with van der Waals surface area (Å²) in [5, 5.41) is 0. The lowest BCUT2D eigenvalue weighted by atomic mass is 9.91. The van der Waals surface area contributed by atoms with Gasteiger partial charge in [0.1, 0.15) is 11.4 Å². The highest BCUT2D eigenvalue weighted by Crippen LogP contribution is 2.35. The molecule has 0 aliphatic carbocycles. The van der Waals surface area contributed by atoms with Gasteiger partial charge in [-0.1, -0.05) is 26.0 Å². The van der Waals surface area contributed by atoms with Gasteiger partial charge in [0.25, 0.3) is 11.8 Å². The quantitative estimate of drug-likeness (QED) is 0.587. The van der Waals surface area contributed by atoms with Crippen molar-refractivity contribution < 1.29 is 19.1 Å². The molecule has 1 saturated heterocycles. The van der Waals surface area contributed by atoms with Crippen LogP contribution in [0.3, 0.4) is 0 Å². The van der Waals surface area contributed by atoms with E-state index < -0.39 is 0 Å². The standard InChI is InChI=1S/C25H36N2O4/c1-16(2)30-12-11-27-24(28)22(20-7-9-21(10-8-20)31-17(3)4)23(25(27)29)26-14-18(5)13-19(6)15-26/h7-10,16-19H,11-15H2,1-6H3. The highest BCUT2D eigenvalue weighted by Gasteiger charge is 2.42. The van der Waals surface area contributed by atoms with E-state index in [2.05, 4.69) is 18.7 Å². The summed E-state index contributed by atoms with van der Waals surface area (Å²) in [6.45, 7) is 14.4. The summed E-state index contributed by atoms with van der Waals surface area (Å²) in [6, 6.07) is 7.49. The van der Waals surface area contributed by atoms with Crippen LogP contribution in [0.1, 0.15) is 53.5 Å². The molecule has 0 N–H and O–H groups in total. The minimum Gasteiger partial charge on any atom is -0.491 e.